The second kappa shape index (κ2) is 6.55. The van der Waals surface area contributed by atoms with Crippen LogP contribution >= 0.6 is 0 Å². The van der Waals surface area contributed by atoms with Gasteiger partial charge in [0.25, 0.3) is 0 Å². The second-order valence-electron chi connectivity index (χ2n) is 4.49. The highest BCUT2D eigenvalue weighted by atomic mass is 19.3. The summed E-state index contributed by atoms with van der Waals surface area (Å²) in [4.78, 5) is 0. The van der Waals surface area contributed by atoms with Crippen molar-refractivity contribution in [2.24, 2.45) is 5.92 Å². The molecule has 2 nitrogen and oxygen atoms in total. The third-order valence-electron chi connectivity index (χ3n) is 2.98. The lowest BCUT2D eigenvalue weighted by atomic mass is 9.94. The maximum Gasteiger partial charge on any atom is 0.586 e. The third-order valence-corrected chi connectivity index (χ3v) is 2.98. The van der Waals surface area contributed by atoms with Crippen molar-refractivity contribution < 1.29 is 18.3 Å². The minimum Gasteiger partial charge on any atom is -0.395 e. The molecule has 1 atom stereocenters. The summed E-state index contributed by atoms with van der Waals surface area (Å²) in [6, 6.07) is 0. The molecule has 0 N–H and O–H groups in total. The van der Waals surface area contributed by atoms with Crippen molar-refractivity contribution in [2.75, 3.05) is 0 Å². The zero-order chi connectivity index (χ0) is 14.5. The maximum atomic E-state index is 13.0. The first-order valence-corrected chi connectivity index (χ1v) is 6.40. The molecular weight excluding hydrogens is 250 g/mol. The Balaban J connectivity index is 2.91. The summed E-state index contributed by atoms with van der Waals surface area (Å²) in [7, 11) is 0. The quantitative estimate of drug-likeness (QED) is 0.611. The van der Waals surface area contributed by atoms with Crippen LogP contribution in [0.1, 0.15) is 33.1 Å². The monoisotopic (exact) mass is 270 g/mol. The third kappa shape index (κ3) is 4.23. The van der Waals surface area contributed by atoms with Gasteiger partial charge >= 0.3 is 6.29 Å². The van der Waals surface area contributed by atoms with Gasteiger partial charge in [-0.2, -0.15) is 0 Å². The first-order valence-electron chi connectivity index (χ1n) is 6.40. The predicted molar refractivity (Wildman–Crippen MR) is 71.3 cm³/mol. The van der Waals surface area contributed by atoms with Crippen molar-refractivity contribution in [1.82, 2.24) is 0 Å². The summed E-state index contributed by atoms with van der Waals surface area (Å²) >= 11 is 0. The molecule has 1 aliphatic rings. The van der Waals surface area contributed by atoms with Crippen molar-refractivity contribution >= 4 is 0 Å². The fraction of sp³-hybridized carbons (Fsp3) is 0.467. The molecule has 1 heterocycles. The summed E-state index contributed by atoms with van der Waals surface area (Å²) in [6.45, 7) is 11.3. The number of hydrogen-bond donors (Lipinski definition) is 0. The largest absolute Gasteiger partial charge is 0.586 e. The lowest BCUT2D eigenvalue weighted by molar-refractivity contribution is -0.335. The smallest absolute Gasteiger partial charge is 0.395 e. The van der Waals surface area contributed by atoms with E-state index in [1.165, 1.54) is 6.08 Å². The topological polar surface area (TPSA) is 18.5 Å². The van der Waals surface area contributed by atoms with E-state index in [0.717, 1.165) is 24.8 Å². The molecule has 0 aromatic rings. The summed E-state index contributed by atoms with van der Waals surface area (Å²) in [5, 5.41) is 0. The van der Waals surface area contributed by atoms with Gasteiger partial charge in [-0.05, 0) is 30.1 Å². The number of hydrogen-bond acceptors (Lipinski definition) is 2. The van der Waals surface area contributed by atoms with Crippen molar-refractivity contribution in [3.8, 4) is 0 Å². The molecule has 0 saturated carbocycles. The number of unbranched alkanes of at least 4 members (excludes halogenated alkanes) is 1. The van der Waals surface area contributed by atoms with Gasteiger partial charge in [0.05, 0.1) is 0 Å². The van der Waals surface area contributed by atoms with Crippen LogP contribution in [0.3, 0.4) is 0 Å². The minimum absolute atomic E-state index is 0.00162. The zero-order valence-corrected chi connectivity index (χ0v) is 11.4. The molecule has 0 aromatic heterocycles. The van der Waals surface area contributed by atoms with Gasteiger partial charge in [0, 0.05) is 0 Å². The van der Waals surface area contributed by atoms with E-state index < -0.39 is 6.29 Å². The number of alkyl halides is 2. The Morgan fingerprint density at radius 1 is 1.32 bits per heavy atom. The van der Waals surface area contributed by atoms with E-state index in [9.17, 15) is 8.78 Å². The van der Waals surface area contributed by atoms with Gasteiger partial charge in [0.1, 0.15) is 0 Å². The van der Waals surface area contributed by atoms with E-state index in [4.69, 9.17) is 0 Å². The Labute approximate surface area is 113 Å². The normalized spacial score (nSPS) is 19.7. The van der Waals surface area contributed by atoms with Crippen LogP contribution in [-0.4, -0.2) is 6.29 Å². The summed E-state index contributed by atoms with van der Waals surface area (Å²) < 4.78 is 34.8. The highest BCUT2D eigenvalue weighted by Crippen LogP contribution is 2.35. The van der Waals surface area contributed by atoms with Crippen molar-refractivity contribution in [2.45, 2.75) is 39.4 Å². The molecule has 0 bridgehead atoms. The van der Waals surface area contributed by atoms with Crippen molar-refractivity contribution in [1.29, 1.82) is 0 Å². The lowest BCUT2D eigenvalue weighted by Crippen LogP contribution is -2.16. The molecule has 1 rings (SSSR count). The van der Waals surface area contributed by atoms with Gasteiger partial charge in [-0.15, -0.1) is 8.78 Å². The van der Waals surface area contributed by atoms with Gasteiger partial charge in [0.2, 0.25) is 0 Å². The van der Waals surface area contributed by atoms with Crippen molar-refractivity contribution in [3.05, 3.63) is 48.5 Å². The Morgan fingerprint density at radius 3 is 2.47 bits per heavy atom. The molecule has 0 aliphatic carbocycles. The number of rotatable bonds is 7. The van der Waals surface area contributed by atoms with E-state index in [-0.39, 0.29) is 17.4 Å². The molecule has 0 radical (unpaired) electrons. The van der Waals surface area contributed by atoms with Crippen molar-refractivity contribution in [3.63, 3.8) is 0 Å². The van der Waals surface area contributed by atoms with Gasteiger partial charge in [-0.3, -0.25) is 0 Å². The molecule has 0 saturated heterocycles. The van der Waals surface area contributed by atoms with Gasteiger partial charge in [-0.25, -0.2) is 0 Å². The molecule has 0 amide bonds. The van der Waals surface area contributed by atoms with Crippen LogP contribution in [0.4, 0.5) is 8.78 Å². The van der Waals surface area contributed by atoms with Crippen LogP contribution in [0.15, 0.2) is 48.5 Å². The molecular formula is C15H20F2O2. The number of halogens is 2. The maximum absolute atomic E-state index is 13.0. The van der Waals surface area contributed by atoms with Crippen LogP contribution in [0.5, 0.6) is 0 Å². The highest BCUT2D eigenvalue weighted by Gasteiger charge is 2.43. The molecule has 19 heavy (non-hydrogen) atoms. The molecule has 1 aliphatic heterocycles. The molecule has 0 spiro atoms. The minimum atomic E-state index is -3.62. The first kappa shape index (κ1) is 15.5. The second-order valence-corrected chi connectivity index (χ2v) is 4.49. The molecule has 0 aromatic carbocycles. The van der Waals surface area contributed by atoms with Crippen LogP contribution in [0.2, 0.25) is 0 Å². The van der Waals surface area contributed by atoms with Crippen LogP contribution < -0.4 is 0 Å². The van der Waals surface area contributed by atoms with Crippen LogP contribution in [0, 0.1) is 5.92 Å². The Morgan fingerprint density at radius 2 is 1.95 bits per heavy atom. The van der Waals surface area contributed by atoms with E-state index in [1.807, 2.05) is 6.92 Å². The molecule has 106 valence electrons. The van der Waals surface area contributed by atoms with Crippen LogP contribution in [0.25, 0.3) is 0 Å². The highest BCUT2D eigenvalue weighted by molar-refractivity contribution is 5.33. The Hall–Kier alpha value is -1.58. The fourth-order valence-electron chi connectivity index (χ4n) is 1.85. The SMILES string of the molecule is C=CC1=C(/C=C(\C=C)C(C)CCCC)OC(F)(F)O1. The first-order chi connectivity index (χ1) is 8.93. The number of allylic oxidation sites excluding steroid dienone is 4. The molecule has 0 fully saturated rings. The Bertz CT molecular complexity index is 408. The standard InChI is InChI=1S/C15H20F2O2/c1-5-8-9-11(4)12(6-2)10-14-13(7-3)18-15(16,17)19-14/h6-7,10-11H,2-3,5,8-9H2,1,4H3/b12-10+. The number of ether oxygens (including phenoxy) is 2. The Kier molecular flexibility index (Phi) is 5.33. The zero-order valence-electron chi connectivity index (χ0n) is 11.4. The van der Waals surface area contributed by atoms with Crippen LogP contribution in [-0.2, 0) is 9.47 Å². The molecule has 4 heteroatoms. The summed E-state index contributed by atoms with van der Waals surface area (Å²) in [5.41, 5.74) is 0.851. The van der Waals surface area contributed by atoms with Gasteiger partial charge in [0.15, 0.2) is 11.5 Å². The van der Waals surface area contributed by atoms with E-state index in [1.54, 1.807) is 12.2 Å². The van der Waals surface area contributed by atoms with E-state index >= 15 is 0 Å². The van der Waals surface area contributed by atoms with E-state index in [2.05, 4.69) is 29.6 Å². The van der Waals surface area contributed by atoms with E-state index in [0.29, 0.717) is 0 Å². The average molecular weight is 270 g/mol. The summed E-state index contributed by atoms with van der Waals surface area (Å²) in [6.07, 6.45) is 3.94. The van der Waals surface area contributed by atoms with Gasteiger partial charge < -0.3 is 9.47 Å². The van der Waals surface area contributed by atoms with Gasteiger partial charge in [-0.1, -0.05) is 45.9 Å². The lowest BCUT2D eigenvalue weighted by Gasteiger charge is -2.12. The summed E-state index contributed by atoms with van der Waals surface area (Å²) in [5.74, 6) is 0.180. The molecule has 1 unspecified atom stereocenters. The average Bonchev–Trinajstić information content (AvgIpc) is 2.67. The fourth-order valence-corrected chi connectivity index (χ4v) is 1.85. The predicted octanol–water partition coefficient (Wildman–Crippen LogP) is 4.92.